The first-order valence-corrected chi connectivity index (χ1v) is 7.95. The van der Waals surface area contributed by atoms with Gasteiger partial charge in [0.1, 0.15) is 0 Å². The zero-order chi connectivity index (χ0) is 13.5. The molecule has 18 heavy (non-hydrogen) atoms. The lowest BCUT2D eigenvalue weighted by Gasteiger charge is -2.17. The summed E-state index contributed by atoms with van der Waals surface area (Å²) in [6.07, 6.45) is 0.999. The summed E-state index contributed by atoms with van der Waals surface area (Å²) in [5, 5.41) is 2.97. The van der Waals surface area contributed by atoms with Crippen molar-refractivity contribution in [1.29, 1.82) is 0 Å². The van der Waals surface area contributed by atoms with Crippen LogP contribution in [0.1, 0.15) is 35.5 Å². The van der Waals surface area contributed by atoms with E-state index < -0.39 is 0 Å². The van der Waals surface area contributed by atoms with Gasteiger partial charge in [0.25, 0.3) is 5.91 Å². The van der Waals surface area contributed by atoms with E-state index in [-0.39, 0.29) is 5.91 Å². The van der Waals surface area contributed by atoms with Gasteiger partial charge >= 0.3 is 0 Å². The Morgan fingerprint density at radius 1 is 1.44 bits per heavy atom. The summed E-state index contributed by atoms with van der Waals surface area (Å²) in [6.45, 7) is 10.2. The number of carbonyl (C=O) groups is 1. The maximum Gasteiger partial charge on any atom is 0.261 e. The highest BCUT2D eigenvalue weighted by Gasteiger charge is 2.10. The molecule has 0 radical (unpaired) electrons. The topological polar surface area (TPSA) is 32.3 Å². The fourth-order valence-electron chi connectivity index (χ4n) is 1.70. The second-order valence-electron chi connectivity index (χ2n) is 4.20. The van der Waals surface area contributed by atoms with Gasteiger partial charge in [0.05, 0.1) is 8.66 Å². The highest BCUT2D eigenvalue weighted by molar-refractivity contribution is 9.11. The van der Waals surface area contributed by atoms with Gasteiger partial charge in [0.15, 0.2) is 0 Å². The molecular formula is C13H21BrN2OS. The number of hydrogen-bond acceptors (Lipinski definition) is 3. The van der Waals surface area contributed by atoms with Crippen LogP contribution in [0.4, 0.5) is 0 Å². The van der Waals surface area contributed by atoms with Crippen molar-refractivity contribution in [3.05, 3.63) is 20.3 Å². The molecule has 0 spiro atoms. The predicted molar refractivity (Wildman–Crippen MR) is 81.5 cm³/mol. The second kappa shape index (κ2) is 7.92. The Kier molecular flexibility index (Phi) is 6.89. The van der Waals surface area contributed by atoms with Gasteiger partial charge in [0.2, 0.25) is 0 Å². The normalized spacial score (nSPS) is 10.9. The van der Waals surface area contributed by atoms with Gasteiger partial charge in [-0.25, -0.2) is 0 Å². The summed E-state index contributed by atoms with van der Waals surface area (Å²) < 4.78 is 1.04. The van der Waals surface area contributed by atoms with Gasteiger partial charge in [-0.1, -0.05) is 13.8 Å². The Morgan fingerprint density at radius 2 is 2.11 bits per heavy atom. The molecule has 5 heteroatoms. The molecule has 0 aliphatic heterocycles. The summed E-state index contributed by atoms with van der Waals surface area (Å²) >= 11 is 4.93. The minimum Gasteiger partial charge on any atom is -0.351 e. The van der Waals surface area contributed by atoms with Gasteiger partial charge in [0, 0.05) is 6.54 Å². The first-order valence-electron chi connectivity index (χ1n) is 6.35. The third-order valence-corrected chi connectivity index (χ3v) is 5.05. The minimum atomic E-state index is 0.0355. The molecule has 0 saturated heterocycles. The van der Waals surface area contributed by atoms with Gasteiger partial charge in [-0.3, -0.25) is 4.79 Å². The molecule has 0 atom stereocenters. The molecule has 0 bridgehead atoms. The van der Waals surface area contributed by atoms with Gasteiger partial charge in [-0.2, -0.15) is 0 Å². The maximum atomic E-state index is 11.9. The Hall–Kier alpha value is -0.390. The molecule has 0 fully saturated rings. The number of nitrogens with zero attached hydrogens (tertiary/aromatic N) is 1. The Balaban J connectivity index is 2.29. The van der Waals surface area contributed by atoms with Crippen LogP contribution in [0.3, 0.4) is 0 Å². The smallest absolute Gasteiger partial charge is 0.261 e. The molecule has 1 aromatic heterocycles. The van der Waals surface area contributed by atoms with E-state index in [1.165, 1.54) is 11.3 Å². The third kappa shape index (κ3) is 4.71. The molecular weight excluding hydrogens is 312 g/mol. The van der Waals surface area contributed by atoms with Crippen molar-refractivity contribution >= 4 is 33.2 Å². The lowest BCUT2D eigenvalue weighted by atomic mass is 10.3. The molecule has 1 heterocycles. The van der Waals surface area contributed by atoms with Crippen molar-refractivity contribution in [2.75, 3.05) is 26.2 Å². The van der Waals surface area contributed by atoms with Crippen molar-refractivity contribution in [3.63, 3.8) is 0 Å². The average Bonchev–Trinajstić information content (AvgIpc) is 2.70. The molecule has 1 aromatic rings. The summed E-state index contributed by atoms with van der Waals surface area (Å²) in [5.41, 5.74) is 1.12. The molecule has 0 saturated carbocycles. The summed E-state index contributed by atoms with van der Waals surface area (Å²) in [4.78, 5) is 15.0. The van der Waals surface area contributed by atoms with Crippen molar-refractivity contribution in [3.8, 4) is 0 Å². The largest absolute Gasteiger partial charge is 0.351 e. The van der Waals surface area contributed by atoms with E-state index in [1.54, 1.807) is 0 Å². The van der Waals surface area contributed by atoms with Crippen LogP contribution in [-0.2, 0) is 0 Å². The fourth-order valence-corrected chi connectivity index (χ4v) is 3.15. The molecule has 0 unspecified atom stereocenters. The van der Waals surface area contributed by atoms with Gasteiger partial charge in [-0.15, -0.1) is 11.3 Å². The van der Waals surface area contributed by atoms with Crippen LogP contribution < -0.4 is 5.32 Å². The van der Waals surface area contributed by atoms with E-state index >= 15 is 0 Å². The lowest BCUT2D eigenvalue weighted by molar-refractivity contribution is 0.0956. The van der Waals surface area contributed by atoms with Crippen LogP contribution in [0.2, 0.25) is 0 Å². The quantitative estimate of drug-likeness (QED) is 0.777. The average molecular weight is 333 g/mol. The van der Waals surface area contributed by atoms with Crippen LogP contribution in [-0.4, -0.2) is 37.0 Å². The van der Waals surface area contributed by atoms with Crippen molar-refractivity contribution in [1.82, 2.24) is 10.2 Å². The SMILES string of the molecule is CCN(CC)CCCNC(=O)c1cc(C)c(Br)s1. The van der Waals surface area contributed by atoms with Crippen molar-refractivity contribution in [2.24, 2.45) is 0 Å². The maximum absolute atomic E-state index is 11.9. The minimum absolute atomic E-state index is 0.0355. The Bertz CT molecular complexity index is 369. The van der Waals surface area contributed by atoms with Crippen molar-refractivity contribution in [2.45, 2.75) is 27.2 Å². The van der Waals surface area contributed by atoms with Crippen LogP contribution in [0.25, 0.3) is 0 Å². The van der Waals surface area contributed by atoms with E-state index in [2.05, 4.69) is 40.0 Å². The van der Waals surface area contributed by atoms with Gasteiger partial charge < -0.3 is 10.2 Å². The van der Waals surface area contributed by atoms with Crippen LogP contribution in [0, 0.1) is 6.92 Å². The zero-order valence-corrected chi connectivity index (χ0v) is 13.7. The second-order valence-corrected chi connectivity index (χ2v) is 6.57. The number of hydrogen-bond donors (Lipinski definition) is 1. The van der Waals surface area contributed by atoms with E-state index in [0.29, 0.717) is 0 Å². The van der Waals surface area contributed by atoms with E-state index in [1.807, 2.05) is 13.0 Å². The molecule has 1 amide bonds. The number of nitrogens with one attached hydrogen (secondary N) is 1. The number of aryl methyl sites for hydroxylation is 1. The first-order chi connectivity index (χ1) is 8.58. The highest BCUT2D eigenvalue weighted by Crippen LogP contribution is 2.27. The highest BCUT2D eigenvalue weighted by atomic mass is 79.9. The number of rotatable bonds is 7. The zero-order valence-electron chi connectivity index (χ0n) is 11.3. The summed E-state index contributed by atoms with van der Waals surface area (Å²) in [6, 6.07) is 1.93. The fraction of sp³-hybridized carbons (Fsp3) is 0.615. The van der Waals surface area contributed by atoms with E-state index in [9.17, 15) is 4.79 Å². The number of carbonyl (C=O) groups excluding carboxylic acids is 1. The van der Waals surface area contributed by atoms with E-state index in [4.69, 9.17) is 0 Å². The van der Waals surface area contributed by atoms with Gasteiger partial charge in [-0.05, 0) is 60.5 Å². The standard InChI is InChI=1S/C13H21BrN2OS/c1-4-16(5-2)8-6-7-15-13(17)11-9-10(3)12(14)18-11/h9H,4-8H2,1-3H3,(H,15,17). The number of halogens is 1. The number of amides is 1. The molecule has 0 aliphatic rings. The first kappa shape index (κ1) is 15.7. The van der Waals surface area contributed by atoms with Crippen molar-refractivity contribution < 1.29 is 4.79 Å². The predicted octanol–water partition coefficient (Wildman–Crippen LogP) is 3.28. The summed E-state index contributed by atoms with van der Waals surface area (Å²) in [5.74, 6) is 0.0355. The Labute approximate surface area is 122 Å². The summed E-state index contributed by atoms with van der Waals surface area (Å²) in [7, 11) is 0. The molecule has 0 aromatic carbocycles. The van der Waals surface area contributed by atoms with E-state index in [0.717, 1.165) is 46.8 Å². The van der Waals surface area contributed by atoms with Crippen LogP contribution >= 0.6 is 27.3 Å². The monoisotopic (exact) mass is 332 g/mol. The molecule has 102 valence electrons. The lowest BCUT2D eigenvalue weighted by Crippen LogP contribution is -2.29. The molecule has 0 aliphatic carbocycles. The number of thiophene rings is 1. The molecule has 1 N–H and O–H groups in total. The van der Waals surface area contributed by atoms with Crippen LogP contribution in [0.5, 0.6) is 0 Å². The molecule has 1 rings (SSSR count). The third-order valence-electron chi connectivity index (χ3n) is 2.91. The van der Waals surface area contributed by atoms with Crippen LogP contribution in [0.15, 0.2) is 9.85 Å². The Morgan fingerprint density at radius 3 is 2.61 bits per heavy atom. The molecule has 3 nitrogen and oxygen atoms in total.